The smallest absolute Gasteiger partial charge is 0.251 e. The summed E-state index contributed by atoms with van der Waals surface area (Å²) >= 11 is 13.4. The highest BCUT2D eigenvalue weighted by Gasteiger charge is 2.18. The fourth-order valence-corrected chi connectivity index (χ4v) is 4.36. The number of nitrogens with one attached hydrogen (secondary N) is 2. The molecule has 2 amide bonds. The van der Waals surface area contributed by atoms with Crippen LogP contribution in [0, 0.1) is 5.82 Å². The van der Waals surface area contributed by atoms with E-state index in [9.17, 15) is 14.0 Å². The molecule has 190 valence electrons. The Hall–Kier alpha value is -3.60. The first-order valence-electron chi connectivity index (χ1n) is 10.8. The Balaban J connectivity index is 1.54. The maximum atomic E-state index is 13.9. The summed E-state index contributed by atoms with van der Waals surface area (Å²) in [6.07, 6.45) is 0. The van der Waals surface area contributed by atoms with E-state index in [0.717, 1.165) is 11.8 Å². The molecule has 0 fully saturated rings. The van der Waals surface area contributed by atoms with Crippen molar-refractivity contribution in [3.8, 4) is 11.4 Å². The molecular formula is C25H20Cl2FN5O3S. The first kappa shape index (κ1) is 26.5. The molecule has 4 rings (SSSR count). The van der Waals surface area contributed by atoms with Crippen molar-refractivity contribution in [1.29, 1.82) is 0 Å². The Morgan fingerprint density at radius 3 is 2.59 bits per heavy atom. The number of hydrogen-bond donors (Lipinski definition) is 2. The van der Waals surface area contributed by atoms with Crippen molar-refractivity contribution in [2.24, 2.45) is 0 Å². The normalized spacial score (nSPS) is 10.7. The summed E-state index contributed by atoms with van der Waals surface area (Å²) in [6, 6.07) is 17.6. The van der Waals surface area contributed by atoms with E-state index >= 15 is 0 Å². The largest absolute Gasteiger partial charge is 0.497 e. The number of hydrogen-bond acceptors (Lipinski definition) is 6. The summed E-state index contributed by atoms with van der Waals surface area (Å²) in [5.74, 6) is -0.406. The fraction of sp³-hybridized carbons (Fsp3) is 0.120. The minimum atomic E-state index is -0.533. The molecule has 0 radical (unpaired) electrons. The molecular weight excluding hydrogens is 540 g/mol. The molecule has 0 bridgehead atoms. The molecule has 0 aliphatic carbocycles. The highest BCUT2D eigenvalue weighted by atomic mass is 35.5. The van der Waals surface area contributed by atoms with Crippen LogP contribution >= 0.6 is 35.0 Å². The first-order chi connectivity index (χ1) is 17.9. The van der Waals surface area contributed by atoms with E-state index in [0.29, 0.717) is 38.0 Å². The van der Waals surface area contributed by atoms with Crippen molar-refractivity contribution in [2.45, 2.75) is 11.7 Å². The van der Waals surface area contributed by atoms with Gasteiger partial charge in [0.15, 0.2) is 11.0 Å². The zero-order valence-electron chi connectivity index (χ0n) is 19.4. The molecule has 37 heavy (non-hydrogen) atoms. The van der Waals surface area contributed by atoms with Crippen molar-refractivity contribution in [3.63, 3.8) is 0 Å². The number of carbonyl (C=O) groups excluding carboxylic acids is 2. The number of para-hydroxylation sites is 1. The lowest BCUT2D eigenvalue weighted by Gasteiger charge is -2.12. The number of benzene rings is 3. The second kappa shape index (κ2) is 12.1. The second-order valence-electron chi connectivity index (χ2n) is 7.56. The van der Waals surface area contributed by atoms with Gasteiger partial charge in [-0.3, -0.25) is 14.2 Å². The first-order valence-corrected chi connectivity index (χ1v) is 12.6. The zero-order chi connectivity index (χ0) is 26.4. The number of aromatic nitrogens is 3. The number of rotatable bonds is 9. The van der Waals surface area contributed by atoms with E-state index < -0.39 is 11.7 Å². The average Bonchev–Trinajstić information content (AvgIpc) is 3.31. The van der Waals surface area contributed by atoms with Gasteiger partial charge in [0.25, 0.3) is 5.91 Å². The van der Waals surface area contributed by atoms with E-state index in [1.165, 1.54) is 25.3 Å². The lowest BCUT2D eigenvalue weighted by Crippen LogP contribution is -2.24. The van der Waals surface area contributed by atoms with Crippen LogP contribution in [0.5, 0.6) is 5.75 Å². The average molecular weight is 560 g/mol. The maximum Gasteiger partial charge on any atom is 0.251 e. The quantitative estimate of drug-likeness (QED) is 0.267. The van der Waals surface area contributed by atoms with E-state index in [1.54, 1.807) is 53.1 Å². The van der Waals surface area contributed by atoms with Crippen LogP contribution in [0.2, 0.25) is 10.0 Å². The number of amides is 2. The number of halogens is 3. The summed E-state index contributed by atoms with van der Waals surface area (Å²) in [7, 11) is 1.52. The molecule has 0 saturated heterocycles. The van der Waals surface area contributed by atoms with Gasteiger partial charge < -0.3 is 15.4 Å². The molecule has 12 heteroatoms. The molecule has 4 aromatic rings. The van der Waals surface area contributed by atoms with E-state index in [-0.39, 0.29) is 23.9 Å². The van der Waals surface area contributed by atoms with E-state index in [4.69, 9.17) is 27.9 Å². The van der Waals surface area contributed by atoms with Gasteiger partial charge in [0.1, 0.15) is 11.6 Å². The summed E-state index contributed by atoms with van der Waals surface area (Å²) in [4.78, 5) is 25.2. The van der Waals surface area contributed by atoms with Crippen molar-refractivity contribution < 1.29 is 18.7 Å². The summed E-state index contributed by atoms with van der Waals surface area (Å²) in [5, 5.41) is 14.8. The maximum absolute atomic E-state index is 13.9. The van der Waals surface area contributed by atoms with Gasteiger partial charge in [-0.2, -0.15) is 0 Å². The molecule has 2 N–H and O–H groups in total. The number of carbonyl (C=O) groups is 2. The van der Waals surface area contributed by atoms with Crippen molar-refractivity contribution >= 4 is 52.5 Å². The number of nitrogens with zero attached hydrogens (tertiary/aromatic N) is 3. The Morgan fingerprint density at radius 2 is 1.84 bits per heavy atom. The van der Waals surface area contributed by atoms with Gasteiger partial charge in [-0.15, -0.1) is 10.2 Å². The minimum absolute atomic E-state index is 0.0330. The Kier molecular flexibility index (Phi) is 8.65. The molecule has 1 aromatic heterocycles. The van der Waals surface area contributed by atoms with Crippen LogP contribution in [-0.4, -0.2) is 39.4 Å². The number of anilines is 1. The highest BCUT2D eigenvalue weighted by Crippen LogP contribution is 2.28. The molecule has 0 aliphatic rings. The van der Waals surface area contributed by atoms with Crippen molar-refractivity contribution in [1.82, 2.24) is 20.1 Å². The fourth-order valence-electron chi connectivity index (χ4n) is 3.30. The second-order valence-corrected chi connectivity index (χ2v) is 9.32. The molecule has 0 aliphatic heterocycles. The van der Waals surface area contributed by atoms with Gasteiger partial charge in [-0.25, -0.2) is 4.39 Å². The van der Waals surface area contributed by atoms with Crippen molar-refractivity contribution in [3.05, 3.63) is 94.0 Å². The Morgan fingerprint density at radius 1 is 1.03 bits per heavy atom. The Labute approximate surface area is 226 Å². The van der Waals surface area contributed by atoms with Gasteiger partial charge >= 0.3 is 0 Å². The SMILES string of the molecule is COc1cccc(C(=O)NCc2nnc(SCC(=O)Nc3ccccc3F)n2-c2ccc(Cl)c(Cl)c2)c1. The molecule has 3 aromatic carbocycles. The lowest BCUT2D eigenvalue weighted by molar-refractivity contribution is -0.113. The Bertz CT molecular complexity index is 1450. The number of ether oxygens (including phenoxy) is 1. The lowest BCUT2D eigenvalue weighted by atomic mass is 10.2. The minimum Gasteiger partial charge on any atom is -0.497 e. The summed E-state index contributed by atoms with van der Waals surface area (Å²) < 4.78 is 20.7. The van der Waals surface area contributed by atoms with Gasteiger partial charge in [0.2, 0.25) is 5.91 Å². The van der Waals surface area contributed by atoms with Gasteiger partial charge in [-0.1, -0.05) is 53.2 Å². The summed E-state index contributed by atoms with van der Waals surface area (Å²) in [6.45, 7) is 0.0330. The van der Waals surface area contributed by atoms with Crippen LogP contribution in [0.3, 0.4) is 0 Å². The van der Waals surface area contributed by atoms with E-state index in [1.807, 2.05) is 0 Å². The summed E-state index contributed by atoms with van der Waals surface area (Å²) in [5.41, 5.74) is 1.08. The molecule has 0 spiro atoms. The molecule has 8 nitrogen and oxygen atoms in total. The van der Waals surface area contributed by atoms with Crippen LogP contribution in [-0.2, 0) is 11.3 Å². The predicted octanol–water partition coefficient (Wildman–Crippen LogP) is 5.38. The third kappa shape index (κ3) is 6.59. The third-order valence-electron chi connectivity index (χ3n) is 5.08. The molecule has 0 saturated carbocycles. The zero-order valence-corrected chi connectivity index (χ0v) is 21.7. The predicted molar refractivity (Wildman–Crippen MR) is 141 cm³/mol. The van der Waals surface area contributed by atoms with Crippen LogP contribution in [0.25, 0.3) is 5.69 Å². The van der Waals surface area contributed by atoms with Crippen LogP contribution in [0.4, 0.5) is 10.1 Å². The van der Waals surface area contributed by atoms with Gasteiger partial charge in [-0.05, 0) is 48.5 Å². The molecule has 0 atom stereocenters. The molecule has 0 unspecified atom stereocenters. The number of methoxy groups -OCH3 is 1. The monoisotopic (exact) mass is 559 g/mol. The van der Waals surface area contributed by atoms with Crippen LogP contribution < -0.4 is 15.4 Å². The highest BCUT2D eigenvalue weighted by molar-refractivity contribution is 7.99. The third-order valence-corrected chi connectivity index (χ3v) is 6.75. The van der Waals surface area contributed by atoms with Gasteiger partial charge in [0, 0.05) is 5.56 Å². The van der Waals surface area contributed by atoms with Crippen molar-refractivity contribution in [2.75, 3.05) is 18.2 Å². The van der Waals surface area contributed by atoms with Gasteiger partial charge in [0.05, 0.1) is 40.8 Å². The van der Waals surface area contributed by atoms with Crippen LogP contribution in [0.1, 0.15) is 16.2 Å². The topological polar surface area (TPSA) is 98.1 Å². The molecule has 1 heterocycles. The van der Waals surface area contributed by atoms with E-state index in [2.05, 4.69) is 20.8 Å². The van der Waals surface area contributed by atoms with Crippen LogP contribution in [0.15, 0.2) is 71.9 Å². The standard InChI is InChI=1S/C25H20Cl2FN5O3S/c1-36-17-6-4-5-15(11-17)24(35)29-13-22-31-32-25(33(22)16-9-10-18(26)19(27)12-16)37-14-23(34)30-21-8-3-2-7-20(21)28/h2-12H,13-14H2,1H3,(H,29,35)(H,30,34). The number of thioether (sulfide) groups is 1.